The van der Waals surface area contributed by atoms with Crippen LogP contribution in [0.3, 0.4) is 0 Å². The average molecular weight is 576 g/mol. The number of nitrogens with one attached hydrogen (secondary N) is 2. The number of para-hydroxylation sites is 1. The second-order valence-corrected chi connectivity index (χ2v) is 9.91. The Labute approximate surface area is 242 Å². The fourth-order valence-electron chi connectivity index (χ4n) is 4.48. The molecule has 0 saturated heterocycles. The Kier molecular flexibility index (Phi) is 8.43. The summed E-state index contributed by atoms with van der Waals surface area (Å²) in [5, 5.41) is 5.37. The predicted octanol–water partition coefficient (Wildman–Crippen LogP) is 7.64. The van der Waals surface area contributed by atoms with Crippen molar-refractivity contribution in [2.45, 2.75) is 19.1 Å². The van der Waals surface area contributed by atoms with Gasteiger partial charge in [-0.2, -0.15) is 0 Å². The molecule has 0 radical (unpaired) electrons. The van der Waals surface area contributed by atoms with Crippen LogP contribution >= 0.6 is 23.2 Å². The molecule has 0 saturated carbocycles. The van der Waals surface area contributed by atoms with Crippen molar-refractivity contribution in [3.8, 4) is 11.5 Å². The van der Waals surface area contributed by atoms with Crippen LogP contribution in [-0.2, 0) is 17.7 Å². The highest BCUT2D eigenvalue weighted by atomic mass is 35.5. The Balaban J connectivity index is 1.34. The number of anilines is 1. The Morgan fingerprint density at radius 3 is 2.42 bits per heavy atom. The van der Waals surface area contributed by atoms with Crippen molar-refractivity contribution < 1.29 is 19.0 Å². The zero-order valence-electron chi connectivity index (χ0n) is 21.9. The number of nitrogens with zero attached hydrogens (tertiary/aromatic N) is 1. The van der Waals surface area contributed by atoms with E-state index in [4.69, 9.17) is 37.4 Å². The number of H-pyrrole nitrogens is 1. The van der Waals surface area contributed by atoms with Crippen LogP contribution in [0.5, 0.6) is 11.5 Å². The van der Waals surface area contributed by atoms with Gasteiger partial charge in [-0.25, -0.2) is 4.79 Å². The van der Waals surface area contributed by atoms with Crippen LogP contribution in [0, 0.1) is 0 Å². The summed E-state index contributed by atoms with van der Waals surface area (Å²) in [4.78, 5) is 20.6. The molecule has 2 heterocycles. The van der Waals surface area contributed by atoms with Gasteiger partial charge in [-0.05, 0) is 53.1 Å². The number of ether oxygens (including phenoxy) is 3. The number of pyridine rings is 1. The first kappa shape index (κ1) is 27.4. The van der Waals surface area contributed by atoms with E-state index in [2.05, 4.69) is 21.4 Å². The number of aromatic nitrogens is 2. The molecular weight excluding hydrogens is 549 g/mol. The molecule has 204 valence electrons. The summed E-state index contributed by atoms with van der Waals surface area (Å²) >= 11 is 12.8. The molecule has 0 bridgehead atoms. The zero-order valence-corrected chi connectivity index (χ0v) is 23.4. The number of aromatic amines is 1. The largest absolute Gasteiger partial charge is 0.493 e. The van der Waals surface area contributed by atoms with Gasteiger partial charge in [0.15, 0.2) is 11.5 Å². The smallest absolute Gasteiger partial charge is 0.338 e. The van der Waals surface area contributed by atoms with Gasteiger partial charge in [0.25, 0.3) is 0 Å². The highest BCUT2D eigenvalue weighted by molar-refractivity contribution is 6.35. The van der Waals surface area contributed by atoms with E-state index in [0.717, 1.165) is 22.2 Å². The number of carbonyl (C=O) groups excluding carboxylic acids is 1. The van der Waals surface area contributed by atoms with Gasteiger partial charge < -0.3 is 24.5 Å². The zero-order chi connectivity index (χ0) is 28.1. The topological polar surface area (TPSA) is 85.5 Å². The quantitative estimate of drug-likeness (QED) is 0.166. The minimum Gasteiger partial charge on any atom is -0.493 e. The minimum absolute atomic E-state index is 0.244. The molecule has 2 aromatic heterocycles. The van der Waals surface area contributed by atoms with Gasteiger partial charge in [0.2, 0.25) is 0 Å². The fourth-order valence-corrected chi connectivity index (χ4v) is 5.00. The molecule has 0 aliphatic heterocycles. The van der Waals surface area contributed by atoms with Crippen molar-refractivity contribution in [3.05, 3.63) is 118 Å². The molecule has 0 aliphatic carbocycles. The molecule has 0 amide bonds. The molecule has 40 heavy (non-hydrogen) atoms. The third-order valence-electron chi connectivity index (χ3n) is 6.63. The maximum Gasteiger partial charge on any atom is 0.338 e. The molecule has 0 unspecified atom stereocenters. The Morgan fingerprint density at radius 1 is 0.950 bits per heavy atom. The number of fused-ring (bicyclic) bond motifs is 1. The van der Waals surface area contributed by atoms with E-state index in [0.29, 0.717) is 44.8 Å². The van der Waals surface area contributed by atoms with E-state index in [-0.39, 0.29) is 6.42 Å². The Morgan fingerprint density at radius 2 is 1.70 bits per heavy atom. The van der Waals surface area contributed by atoms with E-state index >= 15 is 0 Å². The average Bonchev–Trinajstić information content (AvgIpc) is 3.47. The summed E-state index contributed by atoms with van der Waals surface area (Å²) in [6.07, 6.45) is 4.49. The van der Waals surface area contributed by atoms with Crippen molar-refractivity contribution in [1.82, 2.24) is 9.97 Å². The lowest BCUT2D eigenvalue weighted by atomic mass is 10.0. The third-order valence-corrected chi connectivity index (χ3v) is 7.28. The van der Waals surface area contributed by atoms with E-state index in [9.17, 15) is 4.79 Å². The molecule has 2 N–H and O–H groups in total. The second-order valence-electron chi connectivity index (χ2n) is 9.09. The minimum atomic E-state index is -0.702. The number of hydrogen-bond donors (Lipinski definition) is 2. The molecule has 0 spiro atoms. The summed E-state index contributed by atoms with van der Waals surface area (Å²) in [5.41, 5.74) is 4.84. The van der Waals surface area contributed by atoms with E-state index in [1.54, 1.807) is 38.5 Å². The highest BCUT2D eigenvalue weighted by Gasteiger charge is 2.23. The monoisotopic (exact) mass is 575 g/mol. The van der Waals surface area contributed by atoms with Gasteiger partial charge in [0, 0.05) is 36.9 Å². The lowest BCUT2D eigenvalue weighted by Gasteiger charge is -2.21. The van der Waals surface area contributed by atoms with Gasteiger partial charge in [-0.1, -0.05) is 53.5 Å². The summed E-state index contributed by atoms with van der Waals surface area (Å²) in [6.45, 7) is 0.598. The van der Waals surface area contributed by atoms with Crippen LogP contribution < -0.4 is 14.8 Å². The van der Waals surface area contributed by atoms with Crippen LogP contribution in [0.15, 0.2) is 85.3 Å². The molecule has 5 aromatic rings. The van der Waals surface area contributed by atoms with Crippen LogP contribution in [-0.4, -0.2) is 30.2 Å². The normalized spacial score (nSPS) is 11.7. The second kappa shape index (κ2) is 12.3. The molecule has 1 atom stereocenters. The van der Waals surface area contributed by atoms with Crippen LogP contribution in [0.4, 0.5) is 5.69 Å². The number of halogens is 2. The van der Waals surface area contributed by atoms with Gasteiger partial charge in [-0.15, -0.1) is 0 Å². The standard InChI is InChI=1S/C31H27Cl2N3O4/c1-38-27-11-10-22(14-29(27)39-2)28(15-23-24(32)17-34-18-25(23)33)40-31(37)21-8-6-19(7-9-21)16-36-26-5-3-4-20-12-13-35-30(20)26/h3-14,17-18,28,35-36H,15-16H2,1-2H3/t28-/m0/s1. The Bertz CT molecular complexity index is 1620. The van der Waals surface area contributed by atoms with Gasteiger partial charge in [0.1, 0.15) is 6.10 Å². The molecule has 5 rings (SSSR count). The van der Waals surface area contributed by atoms with E-state index in [1.807, 2.05) is 42.6 Å². The van der Waals surface area contributed by atoms with Crippen molar-refractivity contribution in [2.75, 3.05) is 19.5 Å². The molecule has 3 aromatic carbocycles. The molecule has 0 fully saturated rings. The van der Waals surface area contributed by atoms with Crippen LogP contribution in [0.2, 0.25) is 10.0 Å². The van der Waals surface area contributed by atoms with Crippen molar-refractivity contribution in [3.63, 3.8) is 0 Å². The van der Waals surface area contributed by atoms with Crippen molar-refractivity contribution in [1.29, 1.82) is 0 Å². The summed E-state index contributed by atoms with van der Waals surface area (Å²) in [5.74, 6) is 0.601. The summed E-state index contributed by atoms with van der Waals surface area (Å²) in [7, 11) is 3.11. The van der Waals surface area contributed by atoms with Crippen molar-refractivity contribution >= 4 is 45.8 Å². The maximum atomic E-state index is 13.3. The molecule has 9 heteroatoms. The molecule has 0 aliphatic rings. The summed E-state index contributed by atoms with van der Waals surface area (Å²) in [6, 6.07) is 20.8. The van der Waals surface area contributed by atoms with Gasteiger partial charge in [-0.3, -0.25) is 4.98 Å². The predicted molar refractivity (Wildman–Crippen MR) is 158 cm³/mol. The summed E-state index contributed by atoms with van der Waals surface area (Å²) < 4.78 is 16.9. The molecule has 7 nitrogen and oxygen atoms in total. The number of carbonyl (C=O) groups is 1. The fraction of sp³-hybridized carbons (Fsp3) is 0.161. The maximum absolute atomic E-state index is 13.3. The van der Waals surface area contributed by atoms with E-state index in [1.165, 1.54) is 12.4 Å². The first-order valence-electron chi connectivity index (χ1n) is 12.6. The lowest BCUT2D eigenvalue weighted by molar-refractivity contribution is 0.0297. The third kappa shape index (κ3) is 6.01. The number of hydrogen-bond acceptors (Lipinski definition) is 6. The number of esters is 1. The van der Waals surface area contributed by atoms with Crippen molar-refractivity contribution in [2.24, 2.45) is 0 Å². The number of benzene rings is 3. The molecular formula is C31H27Cl2N3O4. The SMILES string of the molecule is COc1ccc([C@H](Cc2c(Cl)cncc2Cl)OC(=O)c2ccc(CNc3cccc4cc[nH]c34)cc2)cc1OC. The first-order valence-corrected chi connectivity index (χ1v) is 13.3. The van der Waals surface area contributed by atoms with Gasteiger partial charge in [0.05, 0.1) is 41.0 Å². The van der Waals surface area contributed by atoms with Gasteiger partial charge >= 0.3 is 5.97 Å². The number of methoxy groups -OCH3 is 2. The van der Waals surface area contributed by atoms with Crippen LogP contribution in [0.25, 0.3) is 10.9 Å². The van der Waals surface area contributed by atoms with Crippen LogP contribution in [0.1, 0.15) is 33.2 Å². The lowest BCUT2D eigenvalue weighted by Crippen LogP contribution is -2.15. The first-order chi connectivity index (χ1) is 19.5. The Hall–Kier alpha value is -4.20. The number of rotatable bonds is 10. The van der Waals surface area contributed by atoms with E-state index < -0.39 is 12.1 Å². The highest BCUT2D eigenvalue weighted by Crippen LogP contribution is 2.35.